The number of anilines is 1. The van der Waals surface area contributed by atoms with Crippen LogP contribution in [-0.4, -0.2) is 43.5 Å². The van der Waals surface area contributed by atoms with E-state index in [-0.39, 0.29) is 17.5 Å². The van der Waals surface area contributed by atoms with E-state index < -0.39 is 9.84 Å². The number of sulfone groups is 1. The van der Waals surface area contributed by atoms with E-state index in [1.807, 2.05) is 0 Å². The maximum absolute atomic E-state index is 11.7. The van der Waals surface area contributed by atoms with E-state index in [0.717, 1.165) is 43.0 Å². The molecular formula is C11H18N4O2S. The third-order valence-electron chi connectivity index (χ3n) is 3.72. The number of nitrogens with two attached hydrogens (primary N) is 1. The Labute approximate surface area is 106 Å². The first-order valence-electron chi connectivity index (χ1n) is 6.32. The second kappa shape index (κ2) is 4.24. The first-order chi connectivity index (χ1) is 8.55. The Balaban J connectivity index is 1.92. The smallest absolute Gasteiger partial charge is 0.155 e. The molecule has 0 amide bonds. The summed E-state index contributed by atoms with van der Waals surface area (Å²) in [7, 11) is -2.96. The van der Waals surface area contributed by atoms with Crippen LogP contribution in [0, 0.1) is 0 Å². The summed E-state index contributed by atoms with van der Waals surface area (Å²) in [6, 6.07) is 0.159. The monoisotopic (exact) mass is 270 g/mol. The van der Waals surface area contributed by atoms with Crippen LogP contribution in [0.2, 0.25) is 0 Å². The van der Waals surface area contributed by atoms with Crippen LogP contribution >= 0.6 is 0 Å². The highest BCUT2D eigenvalue weighted by Gasteiger charge is 2.29. The standard InChI is InChI=1S/C11H18N4O2S/c12-8-2-1-4-15(6-8)11-9-7-18(16,17)5-3-10(9)13-14-11/h8H,1-7,12H2,(H,13,14). The molecule has 3 N–H and O–H groups in total. The Morgan fingerprint density at radius 3 is 3.06 bits per heavy atom. The largest absolute Gasteiger partial charge is 0.353 e. The van der Waals surface area contributed by atoms with Gasteiger partial charge in [-0.25, -0.2) is 8.42 Å². The molecule has 6 nitrogen and oxygen atoms in total. The quantitative estimate of drug-likeness (QED) is 0.738. The molecule has 1 aromatic heterocycles. The van der Waals surface area contributed by atoms with E-state index in [1.165, 1.54) is 0 Å². The average Bonchev–Trinajstić information content (AvgIpc) is 2.70. The topological polar surface area (TPSA) is 92.1 Å². The van der Waals surface area contributed by atoms with Gasteiger partial charge in [0.05, 0.1) is 11.5 Å². The van der Waals surface area contributed by atoms with Gasteiger partial charge in [0.1, 0.15) is 0 Å². The van der Waals surface area contributed by atoms with Crippen molar-refractivity contribution in [2.45, 2.75) is 31.1 Å². The number of piperidine rings is 1. The summed E-state index contributed by atoms with van der Waals surface area (Å²) in [6.45, 7) is 1.67. The van der Waals surface area contributed by atoms with Crippen molar-refractivity contribution in [2.24, 2.45) is 5.73 Å². The van der Waals surface area contributed by atoms with Crippen LogP contribution in [0.5, 0.6) is 0 Å². The number of aryl methyl sites for hydroxylation is 1. The van der Waals surface area contributed by atoms with Gasteiger partial charge in [-0.05, 0) is 12.8 Å². The number of fused-ring (bicyclic) bond motifs is 1. The van der Waals surface area contributed by atoms with E-state index in [4.69, 9.17) is 5.73 Å². The van der Waals surface area contributed by atoms with Crippen LogP contribution in [0.1, 0.15) is 24.1 Å². The van der Waals surface area contributed by atoms with Crippen molar-refractivity contribution in [2.75, 3.05) is 23.7 Å². The Bertz CT molecular complexity index is 551. The second-order valence-corrected chi connectivity index (χ2v) is 7.38. The van der Waals surface area contributed by atoms with Crippen molar-refractivity contribution in [3.63, 3.8) is 0 Å². The number of hydrogen-bond donors (Lipinski definition) is 2. The van der Waals surface area contributed by atoms with Gasteiger partial charge in [0, 0.05) is 36.8 Å². The van der Waals surface area contributed by atoms with Crippen LogP contribution in [0.15, 0.2) is 0 Å². The number of rotatable bonds is 1. The first-order valence-corrected chi connectivity index (χ1v) is 8.14. The van der Waals surface area contributed by atoms with Gasteiger partial charge in [-0.3, -0.25) is 5.10 Å². The fourth-order valence-electron chi connectivity index (χ4n) is 2.76. The zero-order valence-electron chi connectivity index (χ0n) is 10.2. The predicted octanol–water partition coefficient (Wildman–Crippen LogP) is -0.192. The van der Waals surface area contributed by atoms with Crippen molar-refractivity contribution in [1.29, 1.82) is 0 Å². The van der Waals surface area contributed by atoms with Crippen molar-refractivity contribution in [3.05, 3.63) is 11.3 Å². The number of hydrogen-bond acceptors (Lipinski definition) is 5. The Kier molecular flexibility index (Phi) is 2.82. The Hall–Kier alpha value is -1.08. The highest BCUT2D eigenvalue weighted by Crippen LogP contribution is 2.29. The minimum atomic E-state index is -2.96. The van der Waals surface area contributed by atoms with Crippen LogP contribution in [0.25, 0.3) is 0 Å². The molecule has 0 radical (unpaired) electrons. The summed E-state index contributed by atoms with van der Waals surface area (Å²) in [5.74, 6) is 1.13. The Morgan fingerprint density at radius 2 is 2.28 bits per heavy atom. The van der Waals surface area contributed by atoms with E-state index in [9.17, 15) is 8.42 Å². The fraction of sp³-hybridized carbons (Fsp3) is 0.727. The molecule has 2 aliphatic heterocycles. The van der Waals surface area contributed by atoms with Crippen LogP contribution in [0.4, 0.5) is 5.82 Å². The van der Waals surface area contributed by atoms with Crippen molar-refractivity contribution in [1.82, 2.24) is 10.2 Å². The van der Waals surface area contributed by atoms with E-state index >= 15 is 0 Å². The van der Waals surface area contributed by atoms with E-state index in [1.54, 1.807) is 0 Å². The normalized spacial score (nSPS) is 26.9. The first kappa shape index (κ1) is 12.0. The SMILES string of the molecule is NC1CCCN(c2n[nH]c3c2CS(=O)(=O)CC3)C1. The molecule has 1 aromatic rings. The summed E-state index contributed by atoms with van der Waals surface area (Å²) in [5, 5.41) is 7.28. The number of H-pyrrole nitrogens is 1. The molecule has 2 aliphatic rings. The molecular weight excluding hydrogens is 252 g/mol. The van der Waals surface area contributed by atoms with Crippen LogP contribution < -0.4 is 10.6 Å². The molecule has 1 unspecified atom stereocenters. The molecule has 3 rings (SSSR count). The fourth-order valence-corrected chi connectivity index (χ4v) is 4.16. The molecule has 0 aliphatic carbocycles. The number of aromatic nitrogens is 2. The lowest BCUT2D eigenvalue weighted by Crippen LogP contribution is -2.43. The highest BCUT2D eigenvalue weighted by molar-refractivity contribution is 7.90. The average molecular weight is 270 g/mol. The predicted molar refractivity (Wildman–Crippen MR) is 69.2 cm³/mol. The third-order valence-corrected chi connectivity index (χ3v) is 5.27. The summed E-state index contributed by atoms with van der Waals surface area (Å²) in [6.07, 6.45) is 2.61. The van der Waals surface area contributed by atoms with E-state index in [0.29, 0.717) is 6.42 Å². The zero-order valence-corrected chi connectivity index (χ0v) is 11.0. The molecule has 0 aromatic carbocycles. The number of aromatic amines is 1. The van der Waals surface area contributed by atoms with Crippen molar-refractivity contribution < 1.29 is 8.42 Å². The molecule has 100 valence electrons. The van der Waals surface area contributed by atoms with Gasteiger partial charge in [0.2, 0.25) is 0 Å². The summed E-state index contributed by atoms with van der Waals surface area (Å²) < 4.78 is 23.5. The molecule has 1 atom stereocenters. The molecule has 0 saturated carbocycles. The summed E-state index contributed by atoms with van der Waals surface area (Å²) in [4.78, 5) is 2.12. The van der Waals surface area contributed by atoms with Gasteiger partial charge in [-0.2, -0.15) is 5.10 Å². The molecule has 3 heterocycles. The van der Waals surface area contributed by atoms with Crippen LogP contribution in [0.3, 0.4) is 0 Å². The molecule has 0 bridgehead atoms. The minimum absolute atomic E-state index is 0.111. The third kappa shape index (κ3) is 2.12. The lowest BCUT2D eigenvalue weighted by atomic mass is 10.1. The van der Waals surface area contributed by atoms with Crippen molar-refractivity contribution in [3.8, 4) is 0 Å². The van der Waals surface area contributed by atoms with Gasteiger partial charge < -0.3 is 10.6 Å². The summed E-state index contributed by atoms with van der Waals surface area (Å²) >= 11 is 0. The lowest BCUT2D eigenvalue weighted by Gasteiger charge is -2.31. The van der Waals surface area contributed by atoms with Gasteiger partial charge in [-0.15, -0.1) is 0 Å². The maximum atomic E-state index is 11.7. The highest BCUT2D eigenvalue weighted by atomic mass is 32.2. The second-order valence-electron chi connectivity index (χ2n) is 5.19. The molecule has 1 saturated heterocycles. The maximum Gasteiger partial charge on any atom is 0.155 e. The van der Waals surface area contributed by atoms with Gasteiger partial charge in [0.25, 0.3) is 0 Å². The van der Waals surface area contributed by atoms with Crippen LogP contribution in [-0.2, 0) is 22.0 Å². The molecule has 18 heavy (non-hydrogen) atoms. The number of nitrogens with one attached hydrogen (secondary N) is 1. The summed E-state index contributed by atoms with van der Waals surface area (Å²) in [5.41, 5.74) is 7.79. The van der Waals surface area contributed by atoms with Gasteiger partial charge >= 0.3 is 0 Å². The lowest BCUT2D eigenvalue weighted by molar-refractivity contribution is 0.502. The molecule has 7 heteroatoms. The molecule has 0 spiro atoms. The van der Waals surface area contributed by atoms with Gasteiger partial charge in [0.15, 0.2) is 15.7 Å². The minimum Gasteiger partial charge on any atom is -0.353 e. The van der Waals surface area contributed by atoms with E-state index in [2.05, 4.69) is 15.1 Å². The molecule has 1 fully saturated rings. The van der Waals surface area contributed by atoms with Crippen molar-refractivity contribution >= 4 is 15.7 Å². The zero-order chi connectivity index (χ0) is 12.8. The van der Waals surface area contributed by atoms with Gasteiger partial charge in [-0.1, -0.05) is 0 Å². The number of nitrogens with zero attached hydrogens (tertiary/aromatic N) is 2. The Morgan fingerprint density at radius 1 is 1.44 bits per heavy atom.